The lowest BCUT2D eigenvalue weighted by Gasteiger charge is -2.31. The summed E-state index contributed by atoms with van der Waals surface area (Å²) in [6.45, 7) is 0. The van der Waals surface area contributed by atoms with Crippen molar-refractivity contribution < 1.29 is 8.42 Å². The van der Waals surface area contributed by atoms with Gasteiger partial charge in [-0.3, -0.25) is 0 Å². The minimum absolute atomic E-state index is 0.231. The lowest BCUT2D eigenvalue weighted by Crippen LogP contribution is -2.47. The molecular formula is C14H19N3O2S. The number of hydrogen-bond acceptors (Lipinski definition) is 3. The minimum atomic E-state index is -3.50. The maximum absolute atomic E-state index is 12.3. The van der Waals surface area contributed by atoms with Gasteiger partial charge < -0.3 is 4.90 Å². The Morgan fingerprint density at radius 2 is 1.90 bits per heavy atom. The second kappa shape index (κ2) is 5.09. The first-order valence-electron chi connectivity index (χ1n) is 7.01. The fourth-order valence-electron chi connectivity index (χ4n) is 2.82. The fourth-order valence-corrected chi connectivity index (χ4v) is 4.09. The van der Waals surface area contributed by atoms with Crippen LogP contribution in [-0.2, 0) is 10.0 Å². The molecule has 1 heterocycles. The fraction of sp³-hybridized carbons (Fsp3) is 0.500. The number of fused-ring (bicyclic) bond motifs is 1. The number of para-hydroxylation sites is 1. The maximum atomic E-state index is 12.3. The van der Waals surface area contributed by atoms with Gasteiger partial charge >= 0.3 is 0 Å². The number of guanidine groups is 1. The number of rotatable bonds is 1. The zero-order valence-electron chi connectivity index (χ0n) is 11.5. The highest BCUT2D eigenvalue weighted by molar-refractivity contribution is 7.90. The number of anilines is 1. The van der Waals surface area contributed by atoms with Crippen LogP contribution in [0.5, 0.6) is 0 Å². The SMILES string of the molecule is CN1C(=NC2CCCCC2)NS(=O)(=O)c2ccccc21. The first-order valence-corrected chi connectivity index (χ1v) is 8.49. The molecule has 0 atom stereocenters. The van der Waals surface area contributed by atoms with Gasteiger partial charge in [-0.25, -0.2) is 18.1 Å². The van der Waals surface area contributed by atoms with Crippen LogP contribution in [0.2, 0.25) is 0 Å². The van der Waals surface area contributed by atoms with Gasteiger partial charge in [0.05, 0.1) is 11.7 Å². The van der Waals surface area contributed by atoms with Crippen LogP contribution in [0.15, 0.2) is 34.2 Å². The Hall–Kier alpha value is -1.56. The van der Waals surface area contributed by atoms with E-state index < -0.39 is 10.0 Å². The molecule has 0 spiro atoms. The van der Waals surface area contributed by atoms with Crippen LogP contribution in [-0.4, -0.2) is 27.5 Å². The van der Waals surface area contributed by atoms with Crippen LogP contribution < -0.4 is 9.62 Å². The molecular weight excluding hydrogens is 274 g/mol. The van der Waals surface area contributed by atoms with Crippen molar-refractivity contribution >= 4 is 21.7 Å². The topological polar surface area (TPSA) is 61.8 Å². The van der Waals surface area contributed by atoms with Gasteiger partial charge in [0.15, 0.2) is 0 Å². The predicted octanol–water partition coefficient (Wildman–Crippen LogP) is 2.10. The smallest absolute Gasteiger partial charge is 0.266 e. The molecule has 0 saturated heterocycles. The molecule has 1 aliphatic carbocycles. The second-order valence-electron chi connectivity index (χ2n) is 5.38. The normalized spacial score (nSPS) is 24.2. The van der Waals surface area contributed by atoms with Crippen molar-refractivity contribution in [1.29, 1.82) is 0 Å². The van der Waals surface area contributed by atoms with Crippen LogP contribution >= 0.6 is 0 Å². The van der Waals surface area contributed by atoms with Crippen LogP contribution in [0.4, 0.5) is 5.69 Å². The summed E-state index contributed by atoms with van der Waals surface area (Å²) in [4.78, 5) is 6.76. The summed E-state index contributed by atoms with van der Waals surface area (Å²) < 4.78 is 27.1. The number of nitrogens with zero attached hydrogens (tertiary/aromatic N) is 2. The van der Waals surface area contributed by atoms with E-state index in [9.17, 15) is 8.42 Å². The van der Waals surface area contributed by atoms with Crippen molar-refractivity contribution in [2.24, 2.45) is 4.99 Å². The van der Waals surface area contributed by atoms with Crippen molar-refractivity contribution in [2.45, 2.75) is 43.0 Å². The molecule has 2 aliphatic rings. The molecule has 0 unspecified atom stereocenters. The molecule has 3 rings (SSSR count). The molecule has 0 amide bonds. The second-order valence-corrected chi connectivity index (χ2v) is 7.03. The van der Waals surface area contributed by atoms with E-state index in [1.54, 1.807) is 12.1 Å². The van der Waals surface area contributed by atoms with Crippen molar-refractivity contribution in [3.8, 4) is 0 Å². The largest absolute Gasteiger partial charge is 0.314 e. The molecule has 1 saturated carbocycles. The number of hydrogen-bond donors (Lipinski definition) is 1. The third-order valence-electron chi connectivity index (χ3n) is 3.94. The van der Waals surface area contributed by atoms with Crippen LogP contribution in [0, 0.1) is 0 Å². The third kappa shape index (κ3) is 2.40. The van der Waals surface area contributed by atoms with Gasteiger partial charge in [0.1, 0.15) is 4.90 Å². The van der Waals surface area contributed by atoms with Crippen LogP contribution in [0.25, 0.3) is 0 Å². The predicted molar refractivity (Wildman–Crippen MR) is 79.5 cm³/mol. The average Bonchev–Trinajstić information content (AvgIpc) is 2.46. The zero-order valence-corrected chi connectivity index (χ0v) is 12.4. The van der Waals surface area contributed by atoms with Gasteiger partial charge in [-0.2, -0.15) is 0 Å². The summed E-state index contributed by atoms with van der Waals surface area (Å²) in [7, 11) is -1.65. The van der Waals surface area contributed by atoms with E-state index in [-0.39, 0.29) is 6.04 Å². The average molecular weight is 293 g/mol. The Labute approximate surface area is 119 Å². The number of nitrogens with one attached hydrogen (secondary N) is 1. The number of benzene rings is 1. The molecule has 1 N–H and O–H groups in total. The highest BCUT2D eigenvalue weighted by Crippen LogP contribution is 2.29. The molecule has 6 heteroatoms. The summed E-state index contributed by atoms with van der Waals surface area (Å²) in [5.41, 5.74) is 0.681. The third-order valence-corrected chi connectivity index (χ3v) is 5.31. The Kier molecular flexibility index (Phi) is 3.41. The Morgan fingerprint density at radius 3 is 2.65 bits per heavy atom. The molecule has 1 aromatic carbocycles. The summed E-state index contributed by atoms with van der Waals surface area (Å²) in [6.07, 6.45) is 5.69. The minimum Gasteiger partial charge on any atom is -0.314 e. The van der Waals surface area contributed by atoms with Gasteiger partial charge in [-0.1, -0.05) is 31.4 Å². The summed E-state index contributed by atoms with van der Waals surface area (Å²) in [6, 6.07) is 7.23. The van der Waals surface area contributed by atoms with Gasteiger partial charge in [0.2, 0.25) is 5.96 Å². The summed E-state index contributed by atoms with van der Waals surface area (Å²) >= 11 is 0. The molecule has 1 aromatic rings. The first-order chi connectivity index (χ1) is 9.58. The standard InChI is InChI=1S/C14H19N3O2S/c1-17-12-9-5-6-10-13(12)20(18,19)16-14(17)15-11-7-3-2-4-8-11/h5-6,9-11H,2-4,7-8H2,1H3,(H,15,16). The molecule has 1 aliphatic heterocycles. The van der Waals surface area contributed by atoms with Crippen molar-refractivity contribution in [3.05, 3.63) is 24.3 Å². The van der Waals surface area contributed by atoms with E-state index in [1.807, 2.05) is 24.1 Å². The Morgan fingerprint density at radius 1 is 1.20 bits per heavy atom. The molecule has 20 heavy (non-hydrogen) atoms. The lowest BCUT2D eigenvalue weighted by molar-refractivity contribution is 0.442. The molecule has 108 valence electrons. The summed E-state index contributed by atoms with van der Waals surface area (Å²) in [5.74, 6) is 0.440. The van der Waals surface area contributed by atoms with Crippen molar-refractivity contribution in [3.63, 3.8) is 0 Å². The number of aliphatic imine (C=N–C) groups is 1. The van der Waals surface area contributed by atoms with E-state index in [2.05, 4.69) is 9.71 Å². The first kappa shape index (κ1) is 13.4. The Bertz CT molecular complexity index is 634. The van der Waals surface area contributed by atoms with E-state index in [4.69, 9.17) is 0 Å². The monoisotopic (exact) mass is 293 g/mol. The van der Waals surface area contributed by atoms with Crippen molar-refractivity contribution in [1.82, 2.24) is 4.72 Å². The van der Waals surface area contributed by atoms with E-state index in [1.165, 1.54) is 19.3 Å². The van der Waals surface area contributed by atoms with Crippen molar-refractivity contribution in [2.75, 3.05) is 11.9 Å². The van der Waals surface area contributed by atoms with Gasteiger partial charge in [-0.05, 0) is 25.0 Å². The van der Waals surface area contributed by atoms with Crippen LogP contribution in [0.1, 0.15) is 32.1 Å². The summed E-state index contributed by atoms with van der Waals surface area (Å²) in [5, 5.41) is 0. The molecule has 1 fully saturated rings. The zero-order chi connectivity index (χ0) is 14.2. The Balaban J connectivity index is 1.97. The highest BCUT2D eigenvalue weighted by Gasteiger charge is 2.30. The highest BCUT2D eigenvalue weighted by atomic mass is 32.2. The van der Waals surface area contributed by atoms with Crippen LogP contribution in [0.3, 0.4) is 0 Å². The molecule has 5 nitrogen and oxygen atoms in total. The molecule has 0 aromatic heterocycles. The molecule has 0 radical (unpaired) electrons. The number of sulfonamides is 1. The van der Waals surface area contributed by atoms with E-state index in [0.29, 0.717) is 16.5 Å². The van der Waals surface area contributed by atoms with Gasteiger partial charge in [0, 0.05) is 7.05 Å². The molecule has 0 bridgehead atoms. The van der Waals surface area contributed by atoms with E-state index >= 15 is 0 Å². The van der Waals surface area contributed by atoms with Gasteiger partial charge in [0.25, 0.3) is 10.0 Å². The van der Waals surface area contributed by atoms with E-state index in [0.717, 1.165) is 12.8 Å². The maximum Gasteiger partial charge on any atom is 0.266 e. The quantitative estimate of drug-likeness (QED) is 0.862. The van der Waals surface area contributed by atoms with Gasteiger partial charge in [-0.15, -0.1) is 0 Å². The lowest BCUT2D eigenvalue weighted by atomic mass is 9.96.